The van der Waals surface area contributed by atoms with Gasteiger partial charge in [-0.25, -0.2) is 0 Å². The van der Waals surface area contributed by atoms with Crippen LogP contribution in [-0.4, -0.2) is 18.5 Å². The highest BCUT2D eigenvalue weighted by Crippen LogP contribution is 2.27. The molecule has 1 saturated carbocycles. The largest absolute Gasteiger partial charge is 0.354 e. The Hall–Kier alpha value is -0.570. The third kappa shape index (κ3) is 4.52. The zero-order valence-corrected chi connectivity index (χ0v) is 10.7. The number of carbonyl (C=O) groups is 1. The lowest BCUT2D eigenvalue weighted by Gasteiger charge is -2.27. The number of nitrogens with one attached hydrogen (secondary N) is 1. The van der Waals surface area contributed by atoms with E-state index in [1.807, 2.05) is 0 Å². The first-order valence-corrected chi connectivity index (χ1v) is 6.66. The Balaban J connectivity index is 2.20. The van der Waals surface area contributed by atoms with E-state index < -0.39 is 0 Å². The summed E-state index contributed by atoms with van der Waals surface area (Å²) in [5, 5.41) is 2.99. The van der Waals surface area contributed by atoms with Crippen molar-refractivity contribution in [2.75, 3.05) is 6.54 Å². The molecule has 0 bridgehead atoms. The van der Waals surface area contributed by atoms with E-state index in [1.165, 1.54) is 25.7 Å². The highest BCUT2D eigenvalue weighted by molar-refractivity contribution is 5.81. The van der Waals surface area contributed by atoms with E-state index >= 15 is 0 Å². The summed E-state index contributed by atoms with van der Waals surface area (Å²) < 4.78 is 0. The van der Waals surface area contributed by atoms with Crippen molar-refractivity contribution in [2.24, 2.45) is 17.6 Å². The van der Waals surface area contributed by atoms with Gasteiger partial charge >= 0.3 is 0 Å². The maximum atomic E-state index is 11.6. The first-order valence-electron chi connectivity index (χ1n) is 6.66. The molecule has 0 aromatic heterocycles. The van der Waals surface area contributed by atoms with E-state index in [0.717, 1.165) is 25.3 Å². The summed E-state index contributed by atoms with van der Waals surface area (Å²) in [6.07, 6.45) is 6.92. The van der Waals surface area contributed by atoms with Gasteiger partial charge in [-0.1, -0.05) is 33.1 Å². The minimum atomic E-state index is -0.314. The smallest absolute Gasteiger partial charge is 0.236 e. The number of nitrogens with two attached hydrogens (primary N) is 1. The predicted molar refractivity (Wildman–Crippen MR) is 67.0 cm³/mol. The third-order valence-corrected chi connectivity index (χ3v) is 3.55. The standard InChI is InChI=1S/C13H26N2O/c1-3-5-12(14)13(16)15-9-11-7-4-6-10(2)8-11/h10-12H,3-9,14H2,1-2H3,(H,15,16)/t10?,11?,12-/m1/s1. The highest BCUT2D eigenvalue weighted by atomic mass is 16.2. The van der Waals surface area contributed by atoms with Crippen LogP contribution < -0.4 is 11.1 Å². The van der Waals surface area contributed by atoms with Crippen LogP contribution in [0.5, 0.6) is 0 Å². The van der Waals surface area contributed by atoms with Crippen molar-refractivity contribution < 1.29 is 4.79 Å². The van der Waals surface area contributed by atoms with Crippen LogP contribution >= 0.6 is 0 Å². The van der Waals surface area contributed by atoms with Gasteiger partial charge in [0.15, 0.2) is 0 Å². The molecular weight excluding hydrogens is 200 g/mol. The molecule has 3 atom stereocenters. The molecule has 1 aliphatic carbocycles. The Labute approximate surface area is 99.2 Å². The fourth-order valence-corrected chi connectivity index (χ4v) is 2.56. The van der Waals surface area contributed by atoms with Crippen LogP contribution in [0.25, 0.3) is 0 Å². The van der Waals surface area contributed by atoms with Gasteiger partial charge < -0.3 is 11.1 Å². The first kappa shape index (κ1) is 13.5. The maximum Gasteiger partial charge on any atom is 0.236 e. The van der Waals surface area contributed by atoms with Crippen LogP contribution in [0.3, 0.4) is 0 Å². The minimum absolute atomic E-state index is 0.0278. The predicted octanol–water partition coefficient (Wildman–Crippen LogP) is 2.06. The van der Waals surface area contributed by atoms with Gasteiger partial charge in [-0.3, -0.25) is 4.79 Å². The van der Waals surface area contributed by atoms with E-state index in [-0.39, 0.29) is 11.9 Å². The molecule has 0 aliphatic heterocycles. The van der Waals surface area contributed by atoms with Crippen molar-refractivity contribution in [1.29, 1.82) is 0 Å². The lowest BCUT2D eigenvalue weighted by atomic mass is 9.82. The first-order chi connectivity index (χ1) is 7.63. The quantitative estimate of drug-likeness (QED) is 0.754. The molecule has 1 rings (SSSR count). The highest BCUT2D eigenvalue weighted by Gasteiger charge is 2.20. The zero-order valence-electron chi connectivity index (χ0n) is 10.7. The Bertz CT molecular complexity index is 218. The van der Waals surface area contributed by atoms with Gasteiger partial charge in [-0.2, -0.15) is 0 Å². The molecule has 1 fully saturated rings. The summed E-state index contributed by atoms with van der Waals surface area (Å²) in [5.41, 5.74) is 5.76. The number of hydrogen-bond acceptors (Lipinski definition) is 2. The molecule has 0 aromatic carbocycles. The van der Waals surface area contributed by atoms with Crippen molar-refractivity contribution in [1.82, 2.24) is 5.32 Å². The Kier molecular flexibility index (Phi) is 5.81. The van der Waals surface area contributed by atoms with Crippen LogP contribution in [-0.2, 0) is 4.79 Å². The molecule has 0 spiro atoms. The van der Waals surface area contributed by atoms with Gasteiger partial charge in [0.2, 0.25) is 5.91 Å². The SMILES string of the molecule is CCC[C@@H](N)C(=O)NCC1CCCC(C)C1. The molecule has 94 valence electrons. The van der Waals surface area contributed by atoms with Gasteiger partial charge in [-0.15, -0.1) is 0 Å². The topological polar surface area (TPSA) is 55.1 Å². The van der Waals surface area contributed by atoms with Crippen LogP contribution in [0.1, 0.15) is 52.4 Å². The summed E-state index contributed by atoms with van der Waals surface area (Å²) in [6.45, 7) is 5.17. The molecule has 0 heterocycles. The monoisotopic (exact) mass is 226 g/mol. The van der Waals surface area contributed by atoms with Crippen LogP contribution in [0.4, 0.5) is 0 Å². The van der Waals surface area contributed by atoms with Gasteiger partial charge in [0.25, 0.3) is 0 Å². The summed E-state index contributed by atoms with van der Waals surface area (Å²) in [4.78, 5) is 11.6. The molecule has 2 unspecified atom stereocenters. The molecule has 0 saturated heterocycles. The molecular formula is C13H26N2O. The normalized spacial score (nSPS) is 27.4. The molecule has 3 heteroatoms. The number of carbonyl (C=O) groups excluding carboxylic acids is 1. The minimum Gasteiger partial charge on any atom is -0.354 e. The van der Waals surface area contributed by atoms with Crippen molar-refractivity contribution in [2.45, 2.75) is 58.4 Å². The summed E-state index contributed by atoms with van der Waals surface area (Å²) in [6, 6.07) is -0.314. The molecule has 3 nitrogen and oxygen atoms in total. The average molecular weight is 226 g/mol. The van der Waals surface area contributed by atoms with E-state index in [4.69, 9.17) is 5.73 Å². The molecule has 1 aliphatic rings. The summed E-state index contributed by atoms with van der Waals surface area (Å²) in [5.74, 6) is 1.52. The van der Waals surface area contributed by atoms with Crippen LogP contribution in [0.15, 0.2) is 0 Å². The summed E-state index contributed by atoms with van der Waals surface area (Å²) >= 11 is 0. The third-order valence-electron chi connectivity index (χ3n) is 3.55. The molecule has 3 N–H and O–H groups in total. The van der Waals surface area contributed by atoms with Crippen molar-refractivity contribution in [3.8, 4) is 0 Å². The molecule has 0 aromatic rings. The lowest BCUT2D eigenvalue weighted by molar-refractivity contribution is -0.122. The Morgan fingerprint density at radius 3 is 2.88 bits per heavy atom. The lowest BCUT2D eigenvalue weighted by Crippen LogP contribution is -2.42. The number of hydrogen-bond donors (Lipinski definition) is 2. The average Bonchev–Trinajstić information content (AvgIpc) is 2.26. The van der Waals surface area contributed by atoms with E-state index in [1.54, 1.807) is 0 Å². The van der Waals surface area contributed by atoms with Crippen molar-refractivity contribution >= 4 is 5.91 Å². The zero-order chi connectivity index (χ0) is 12.0. The fraction of sp³-hybridized carbons (Fsp3) is 0.923. The van der Waals surface area contributed by atoms with Crippen LogP contribution in [0.2, 0.25) is 0 Å². The second-order valence-electron chi connectivity index (χ2n) is 5.28. The maximum absolute atomic E-state index is 11.6. The van der Waals surface area contributed by atoms with Gasteiger partial charge in [0.1, 0.15) is 0 Å². The summed E-state index contributed by atoms with van der Waals surface area (Å²) in [7, 11) is 0. The van der Waals surface area contributed by atoms with Crippen molar-refractivity contribution in [3.63, 3.8) is 0 Å². The van der Waals surface area contributed by atoms with E-state index in [2.05, 4.69) is 19.2 Å². The second kappa shape index (κ2) is 6.89. The van der Waals surface area contributed by atoms with E-state index in [9.17, 15) is 4.79 Å². The van der Waals surface area contributed by atoms with Gasteiger partial charge in [0.05, 0.1) is 6.04 Å². The van der Waals surface area contributed by atoms with Gasteiger partial charge in [-0.05, 0) is 31.1 Å². The molecule has 0 radical (unpaired) electrons. The number of amides is 1. The Morgan fingerprint density at radius 1 is 1.50 bits per heavy atom. The molecule has 1 amide bonds. The van der Waals surface area contributed by atoms with Crippen molar-refractivity contribution in [3.05, 3.63) is 0 Å². The number of rotatable bonds is 5. The second-order valence-corrected chi connectivity index (χ2v) is 5.28. The molecule has 16 heavy (non-hydrogen) atoms. The van der Waals surface area contributed by atoms with E-state index in [0.29, 0.717) is 5.92 Å². The fourth-order valence-electron chi connectivity index (χ4n) is 2.56. The Morgan fingerprint density at radius 2 is 2.25 bits per heavy atom. The van der Waals surface area contributed by atoms with Gasteiger partial charge in [0, 0.05) is 6.54 Å². The van der Waals surface area contributed by atoms with Crippen LogP contribution in [0, 0.1) is 11.8 Å².